The van der Waals surface area contributed by atoms with E-state index in [1.165, 1.54) is 4.90 Å². The zero-order valence-electron chi connectivity index (χ0n) is 13.3. The molecule has 0 unspecified atom stereocenters. The summed E-state index contributed by atoms with van der Waals surface area (Å²) < 4.78 is 37.0. The minimum absolute atomic E-state index is 0.00884. The Morgan fingerprint density at radius 1 is 1.17 bits per heavy atom. The summed E-state index contributed by atoms with van der Waals surface area (Å²) >= 11 is 0. The number of aliphatic hydroxyl groups excluding tert-OH is 1. The molecular weight excluding hydrogens is 311 g/mol. The molecule has 2 heterocycles. The zero-order chi connectivity index (χ0) is 16.9. The summed E-state index contributed by atoms with van der Waals surface area (Å²) in [6, 6.07) is -0.225. The third-order valence-corrected chi connectivity index (χ3v) is 4.79. The molecule has 5 nitrogen and oxygen atoms in total. The summed E-state index contributed by atoms with van der Waals surface area (Å²) in [5.74, 6) is 0.368. The smallest absolute Gasteiger partial charge is 0.394 e. The molecule has 0 aromatic heterocycles. The van der Waals surface area contributed by atoms with Crippen molar-refractivity contribution in [2.45, 2.75) is 44.3 Å². The number of aliphatic hydroxyl groups is 1. The number of nitrogens with one attached hydrogen (secondary N) is 1. The van der Waals surface area contributed by atoms with Gasteiger partial charge in [-0.05, 0) is 51.1 Å². The van der Waals surface area contributed by atoms with Crippen molar-refractivity contribution in [3.8, 4) is 0 Å². The lowest BCUT2D eigenvalue weighted by molar-refractivity contribution is -0.148. The van der Waals surface area contributed by atoms with E-state index in [0.717, 1.165) is 32.1 Å². The monoisotopic (exact) mass is 337 g/mol. The number of carbonyl (C=O) groups is 1. The summed E-state index contributed by atoms with van der Waals surface area (Å²) in [5.41, 5.74) is 0. The number of piperidine rings is 1. The van der Waals surface area contributed by atoms with Crippen LogP contribution in [0.4, 0.5) is 18.0 Å². The summed E-state index contributed by atoms with van der Waals surface area (Å²) in [4.78, 5) is 15.2. The van der Waals surface area contributed by atoms with Crippen molar-refractivity contribution >= 4 is 6.03 Å². The zero-order valence-corrected chi connectivity index (χ0v) is 13.3. The maximum Gasteiger partial charge on any atom is 0.401 e. The van der Waals surface area contributed by atoms with Gasteiger partial charge in [0.05, 0.1) is 19.2 Å². The van der Waals surface area contributed by atoms with Gasteiger partial charge >= 0.3 is 12.2 Å². The highest BCUT2D eigenvalue weighted by molar-refractivity contribution is 5.74. The molecule has 0 radical (unpaired) electrons. The van der Waals surface area contributed by atoms with Crippen LogP contribution in [0, 0.1) is 5.92 Å². The third kappa shape index (κ3) is 5.84. The number of nitrogens with zero attached hydrogens (tertiary/aromatic N) is 2. The molecule has 2 N–H and O–H groups in total. The molecule has 8 heteroatoms. The van der Waals surface area contributed by atoms with Crippen molar-refractivity contribution in [3.05, 3.63) is 0 Å². The molecule has 2 saturated heterocycles. The van der Waals surface area contributed by atoms with E-state index < -0.39 is 12.7 Å². The van der Waals surface area contributed by atoms with E-state index in [1.54, 1.807) is 4.90 Å². The van der Waals surface area contributed by atoms with Gasteiger partial charge in [-0.15, -0.1) is 0 Å². The second kappa shape index (κ2) is 8.19. The Morgan fingerprint density at radius 2 is 1.87 bits per heavy atom. The van der Waals surface area contributed by atoms with Crippen LogP contribution in [0.1, 0.15) is 32.1 Å². The molecule has 0 bridgehead atoms. The lowest BCUT2D eigenvalue weighted by Gasteiger charge is -2.32. The second-order valence-electron chi connectivity index (χ2n) is 6.53. The van der Waals surface area contributed by atoms with Crippen molar-refractivity contribution in [2.24, 2.45) is 5.92 Å². The normalized spacial score (nSPS) is 24.2. The number of carbonyl (C=O) groups excluding carboxylic acids is 1. The van der Waals surface area contributed by atoms with Gasteiger partial charge in [0.25, 0.3) is 0 Å². The Balaban J connectivity index is 1.61. The predicted molar refractivity (Wildman–Crippen MR) is 80.0 cm³/mol. The SMILES string of the molecule is O=C(NCCC1CCN(CC(F)(F)F)CC1)N1CCC[C@@H]1CO. The maximum absolute atomic E-state index is 12.3. The summed E-state index contributed by atoms with van der Waals surface area (Å²) in [5, 5.41) is 12.1. The number of hydrogen-bond donors (Lipinski definition) is 2. The molecule has 0 aliphatic carbocycles. The van der Waals surface area contributed by atoms with Gasteiger partial charge in [0.2, 0.25) is 0 Å². The van der Waals surface area contributed by atoms with Crippen molar-refractivity contribution < 1.29 is 23.1 Å². The van der Waals surface area contributed by atoms with E-state index >= 15 is 0 Å². The molecule has 2 amide bonds. The van der Waals surface area contributed by atoms with E-state index in [2.05, 4.69) is 5.32 Å². The minimum atomic E-state index is -4.13. The molecule has 2 aliphatic heterocycles. The van der Waals surface area contributed by atoms with Gasteiger partial charge < -0.3 is 15.3 Å². The topological polar surface area (TPSA) is 55.8 Å². The number of urea groups is 1. The van der Waals surface area contributed by atoms with Crippen molar-refractivity contribution in [1.82, 2.24) is 15.1 Å². The molecular formula is C15H26F3N3O2. The Labute approximate surface area is 134 Å². The van der Waals surface area contributed by atoms with Crippen LogP contribution in [0.25, 0.3) is 0 Å². The highest BCUT2D eigenvalue weighted by Crippen LogP contribution is 2.24. The molecule has 2 aliphatic rings. The second-order valence-corrected chi connectivity index (χ2v) is 6.53. The van der Waals surface area contributed by atoms with E-state index in [4.69, 9.17) is 0 Å². The number of alkyl halides is 3. The van der Waals surface area contributed by atoms with E-state index in [-0.39, 0.29) is 18.7 Å². The Morgan fingerprint density at radius 3 is 2.48 bits per heavy atom. The van der Waals surface area contributed by atoms with Gasteiger partial charge in [0.15, 0.2) is 0 Å². The molecule has 134 valence electrons. The number of halogens is 3. The quantitative estimate of drug-likeness (QED) is 0.805. The van der Waals surface area contributed by atoms with Crippen LogP contribution >= 0.6 is 0 Å². The first-order valence-corrected chi connectivity index (χ1v) is 8.33. The molecule has 0 saturated carbocycles. The first-order chi connectivity index (χ1) is 10.9. The number of likely N-dealkylation sites (tertiary alicyclic amines) is 2. The number of amides is 2. The molecule has 2 rings (SSSR count). The molecule has 1 atom stereocenters. The van der Waals surface area contributed by atoms with Crippen LogP contribution in [-0.2, 0) is 0 Å². The fourth-order valence-electron chi connectivity index (χ4n) is 3.46. The molecule has 0 spiro atoms. The van der Waals surface area contributed by atoms with Gasteiger partial charge in [0, 0.05) is 13.1 Å². The van der Waals surface area contributed by atoms with Crippen LogP contribution in [0.2, 0.25) is 0 Å². The highest BCUT2D eigenvalue weighted by atomic mass is 19.4. The maximum atomic E-state index is 12.3. The van der Waals surface area contributed by atoms with Crippen LogP contribution in [-0.4, -0.2) is 72.5 Å². The standard InChI is InChI=1S/C15H26F3N3O2/c16-15(17,18)11-20-8-4-12(5-9-20)3-6-19-14(23)21-7-1-2-13(21)10-22/h12-13,22H,1-11H2,(H,19,23)/t13-/m1/s1. The van der Waals surface area contributed by atoms with Crippen LogP contribution < -0.4 is 5.32 Å². The first kappa shape index (κ1) is 18.3. The van der Waals surface area contributed by atoms with Crippen LogP contribution in [0.3, 0.4) is 0 Å². The van der Waals surface area contributed by atoms with E-state index in [0.29, 0.717) is 32.1 Å². The van der Waals surface area contributed by atoms with Gasteiger partial charge in [-0.3, -0.25) is 4.90 Å². The third-order valence-electron chi connectivity index (χ3n) is 4.79. The highest BCUT2D eigenvalue weighted by Gasteiger charge is 2.32. The molecule has 23 heavy (non-hydrogen) atoms. The predicted octanol–water partition coefficient (Wildman–Crippen LogP) is 1.82. The van der Waals surface area contributed by atoms with Gasteiger partial charge in [-0.2, -0.15) is 13.2 Å². The number of hydrogen-bond acceptors (Lipinski definition) is 3. The lowest BCUT2D eigenvalue weighted by atomic mass is 9.93. The Bertz CT molecular complexity index is 385. The van der Waals surface area contributed by atoms with Crippen LogP contribution in [0.5, 0.6) is 0 Å². The minimum Gasteiger partial charge on any atom is -0.394 e. The lowest BCUT2D eigenvalue weighted by Crippen LogP contribution is -2.45. The summed E-state index contributed by atoms with van der Waals surface area (Å²) in [6.07, 6.45) is -0.0925. The Hall–Kier alpha value is -1.02. The Kier molecular flexibility index (Phi) is 6.52. The van der Waals surface area contributed by atoms with Crippen molar-refractivity contribution in [2.75, 3.05) is 39.3 Å². The summed E-state index contributed by atoms with van der Waals surface area (Å²) in [7, 11) is 0. The van der Waals surface area contributed by atoms with E-state index in [1.807, 2.05) is 0 Å². The molecule has 0 aromatic carbocycles. The molecule has 0 aromatic rings. The van der Waals surface area contributed by atoms with Crippen molar-refractivity contribution in [3.63, 3.8) is 0 Å². The fourth-order valence-corrected chi connectivity index (χ4v) is 3.46. The average molecular weight is 337 g/mol. The largest absolute Gasteiger partial charge is 0.401 e. The summed E-state index contributed by atoms with van der Waals surface area (Å²) in [6.45, 7) is 1.32. The fraction of sp³-hybridized carbons (Fsp3) is 0.933. The van der Waals surface area contributed by atoms with Gasteiger partial charge in [0.1, 0.15) is 0 Å². The van der Waals surface area contributed by atoms with E-state index in [9.17, 15) is 23.1 Å². The van der Waals surface area contributed by atoms with Crippen molar-refractivity contribution in [1.29, 1.82) is 0 Å². The first-order valence-electron chi connectivity index (χ1n) is 8.33. The number of rotatable bonds is 5. The van der Waals surface area contributed by atoms with Gasteiger partial charge in [-0.1, -0.05) is 0 Å². The van der Waals surface area contributed by atoms with Gasteiger partial charge in [-0.25, -0.2) is 4.79 Å². The van der Waals surface area contributed by atoms with Crippen LogP contribution in [0.15, 0.2) is 0 Å². The average Bonchev–Trinajstić information content (AvgIpc) is 2.96. The molecule has 2 fully saturated rings.